The van der Waals surface area contributed by atoms with Crippen LogP contribution in [0.4, 0.5) is 21.5 Å². The lowest BCUT2D eigenvalue weighted by atomic mass is 10.0. The molecule has 1 amide bonds. The van der Waals surface area contributed by atoms with Crippen molar-refractivity contribution in [2.75, 3.05) is 16.8 Å². The number of hydrogen-bond donors (Lipinski definition) is 1. The summed E-state index contributed by atoms with van der Waals surface area (Å²) in [5, 5.41) is 14.1. The maximum absolute atomic E-state index is 13.8. The summed E-state index contributed by atoms with van der Waals surface area (Å²) in [5.41, 5.74) is 0.376. The lowest BCUT2D eigenvalue weighted by Gasteiger charge is -2.35. The van der Waals surface area contributed by atoms with Crippen molar-refractivity contribution in [3.8, 4) is 0 Å². The molecule has 1 N–H and O–H groups in total. The first kappa shape index (κ1) is 19.1. The van der Waals surface area contributed by atoms with E-state index in [1.807, 2.05) is 11.8 Å². The zero-order valence-electron chi connectivity index (χ0n) is 14.7. The molecule has 8 heteroatoms. The van der Waals surface area contributed by atoms with Crippen LogP contribution in [0.3, 0.4) is 0 Å². The highest BCUT2D eigenvalue weighted by Gasteiger charge is 2.27. The number of amides is 1. The Kier molecular flexibility index (Phi) is 5.60. The van der Waals surface area contributed by atoms with Gasteiger partial charge in [-0.1, -0.05) is 23.7 Å². The van der Waals surface area contributed by atoms with Gasteiger partial charge in [-0.25, -0.2) is 4.39 Å². The van der Waals surface area contributed by atoms with Crippen molar-refractivity contribution in [3.05, 3.63) is 62.9 Å². The maximum atomic E-state index is 13.8. The van der Waals surface area contributed by atoms with Gasteiger partial charge < -0.3 is 10.2 Å². The molecule has 1 saturated heterocycles. The highest BCUT2D eigenvalue weighted by atomic mass is 35.5. The van der Waals surface area contributed by atoms with Gasteiger partial charge in [-0.05, 0) is 44.4 Å². The third-order valence-electron chi connectivity index (χ3n) is 4.74. The Labute approximate surface area is 161 Å². The van der Waals surface area contributed by atoms with Crippen molar-refractivity contribution in [1.82, 2.24) is 0 Å². The van der Waals surface area contributed by atoms with E-state index in [0.717, 1.165) is 19.3 Å². The van der Waals surface area contributed by atoms with Crippen LogP contribution in [0.15, 0.2) is 36.4 Å². The number of rotatable bonds is 4. The van der Waals surface area contributed by atoms with E-state index < -0.39 is 16.6 Å². The Bertz CT molecular complexity index is 890. The van der Waals surface area contributed by atoms with E-state index in [4.69, 9.17) is 11.6 Å². The summed E-state index contributed by atoms with van der Waals surface area (Å²) < 4.78 is 13.8. The number of hydrogen-bond acceptors (Lipinski definition) is 4. The minimum atomic E-state index is -0.665. The molecule has 3 rings (SSSR count). The molecule has 2 aromatic rings. The quantitative estimate of drug-likeness (QED) is 0.586. The SMILES string of the molecule is C[C@H]1CCCCN1c1cc(NC(=O)c2ccccc2F)c(Cl)cc1[N+](=O)[O-]. The van der Waals surface area contributed by atoms with Crippen LogP contribution in [0.1, 0.15) is 36.5 Å². The molecular weight excluding hydrogens is 373 g/mol. The number of halogens is 2. The number of nitrogens with zero attached hydrogens (tertiary/aromatic N) is 2. The molecule has 142 valence electrons. The lowest BCUT2D eigenvalue weighted by Crippen LogP contribution is -2.37. The Morgan fingerprint density at radius 1 is 1.33 bits per heavy atom. The van der Waals surface area contributed by atoms with E-state index in [2.05, 4.69) is 5.32 Å². The van der Waals surface area contributed by atoms with Crippen LogP contribution in [-0.2, 0) is 0 Å². The van der Waals surface area contributed by atoms with Gasteiger partial charge in [0.25, 0.3) is 11.6 Å². The molecule has 0 radical (unpaired) electrons. The highest BCUT2D eigenvalue weighted by molar-refractivity contribution is 6.34. The van der Waals surface area contributed by atoms with Gasteiger partial charge in [-0.3, -0.25) is 14.9 Å². The Hall–Kier alpha value is -2.67. The Morgan fingerprint density at radius 3 is 2.74 bits per heavy atom. The third-order valence-corrected chi connectivity index (χ3v) is 5.05. The van der Waals surface area contributed by atoms with E-state index >= 15 is 0 Å². The zero-order valence-corrected chi connectivity index (χ0v) is 15.5. The van der Waals surface area contributed by atoms with E-state index in [1.54, 1.807) is 6.07 Å². The molecule has 0 spiro atoms. The number of nitrogens with one attached hydrogen (secondary N) is 1. The van der Waals surface area contributed by atoms with Crippen molar-refractivity contribution in [2.45, 2.75) is 32.2 Å². The third kappa shape index (κ3) is 4.03. The lowest BCUT2D eigenvalue weighted by molar-refractivity contribution is -0.384. The predicted molar refractivity (Wildman–Crippen MR) is 103 cm³/mol. The Morgan fingerprint density at radius 2 is 2.07 bits per heavy atom. The minimum Gasteiger partial charge on any atom is -0.363 e. The number of carbonyl (C=O) groups is 1. The topological polar surface area (TPSA) is 75.5 Å². The van der Waals surface area contributed by atoms with Crippen molar-refractivity contribution in [1.29, 1.82) is 0 Å². The second-order valence-corrected chi connectivity index (χ2v) is 6.96. The normalized spacial score (nSPS) is 16.9. The molecule has 0 saturated carbocycles. The summed E-state index contributed by atoms with van der Waals surface area (Å²) in [4.78, 5) is 25.4. The molecule has 6 nitrogen and oxygen atoms in total. The van der Waals surface area contributed by atoms with Crippen molar-refractivity contribution in [2.24, 2.45) is 0 Å². The molecule has 2 aromatic carbocycles. The molecule has 0 bridgehead atoms. The maximum Gasteiger partial charge on any atom is 0.294 e. The molecule has 1 aliphatic heterocycles. The monoisotopic (exact) mass is 391 g/mol. The molecular formula is C19H19ClFN3O3. The molecule has 1 aliphatic rings. The van der Waals surface area contributed by atoms with Gasteiger partial charge in [0.2, 0.25) is 0 Å². The van der Waals surface area contributed by atoms with E-state index in [-0.39, 0.29) is 28.0 Å². The van der Waals surface area contributed by atoms with Gasteiger partial charge in [0.15, 0.2) is 0 Å². The van der Waals surface area contributed by atoms with Gasteiger partial charge in [0.1, 0.15) is 11.5 Å². The second-order valence-electron chi connectivity index (χ2n) is 6.55. The van der Waals surface area contributed by atoms with E-state index in [0.29, 0.717) is 12.2 Å². The van der Waals surface area contributed by atoms with Crippen molar-refractivity contribution < 1.29 is 14.1 Å². The van der Waals surface area contributed by atoms with Gasteiger partial charge in [-0.15, -0.1) is 0 Å². The van der Waals surface area contributed by atoms with Crippen LogP contribution >= 0.6 is 11.6 Å². The number of nitro groups is 1. The number of nitro benzene ring substituents is 1. The van der Waals surface area contributed by atoms with Gasteiger partial charge in [0, 0.05) is 18.7 Å². The first-order chi connectivity index (χ1) is 12.9. The van der Waals surface area contributed by atoms with Crippen molar-refractivity contribution in [3.63, 3.8) is 0 Å². The van der Waals surface area contributed by atoms with Crippen LogP contribution in [0.5, 0.6) is 0 Å². The fraction of sp³-hybridized carbons (Fsp3) is 0.316. The van der Waals surface area contributed by atoms with E-state index in [9.17, 15) is 19.3 Å². The molecule has 1 atom stereocenters. The molecule has 27 heavy (non-hydrogen) atoms. The number of carbonyl (C=O) groups excluding carboxylic acids is 1. The average molecular weight is 392 g/mol. The molecule has 1 heterocycles. The molecule has 0 unspecified atom stereocenters. The standard InChI is InChI=1S/C19H19ClFN3O3/c1-12-6-4-5-9-23(12)17-11-16(14(20)10-18(17)24(26)27)22-19(25)13-7-2-3-8-15(13)21/h2-3,7-8,10-12H,4-6,9H2,1H3,(H,22,25)/t12-/m0/s1. The summed E-state index contributed by atoms with van der Waals surface area (Å²) in [5.74, 6) is -1.32. The van der Waals surface area contributed by atoms with Gasteiger partial charge in [-0.2, -0.15) is 0 Å². The van der Waals surface area contributed by atoms with Crippen molar-refractivity contribution >= 4 is 34.6 Å². The summed E-state index contributed by atoms with van der Waals surface area (Å²) in [6.07, 6.45) is 2.92. The van der Waals surface area contributed by atoms with Crippen LogP contribution in [0.25, 0.3) is 0 Å². The van der Waals surface area contributed by atoms with Crippen LogP contribution in [0.2, 0.25) is 5.02 Å². The zero-order chi connectivity index (χ0) is 19.6. The summed E-state index contributed by atoms with van der Waals surface area (Å²) >= 11 is 6.16. The molecule has 0 aliphatic carbocycles. The highest BCUT2D eigenvalue weighted by Crippen LogP contribution is 2.39. The van der Waals surface area contributed by atoms with Crippen LogP contribution < -0.4 is 10.2 Å². The number of benzene rings is 2. The fourth-order valence-electron chi connectivity index (χ4n) is 3.31. The summed E-state index contributed by atoms with van der Waals surface area (Å²) in [7, 11) is 0. The van der Waals surface area contributed by atoms with Gasteiger partial charge >= 0.3 is 0 Å². The second kappa shape index (κ2) is 7.92. The number of anilines is 2. The first-order valence-corrected chi connectivity index (χ1v) is 9.06. The molecule has 1 fully saturated rings. The Balaban J connectivity index is 1.98. The summed E-state index contributed by atoms with van der Waals surface area (Å²) in [6.45, 7) is 2.69. The average Bonchev–Trinajstić information content (AvgIpc) is 2.63. The fourth-order valence-corrected chi connectivity index (χ4v) is 3.52. The van der Waals surface area contributed by atoms with E-state index in [1.165, 1.54) is 30.3 Å². The largest absolute Gasteiger partial charge is 0.363 e. The minimum absolute atomic E-state index is 0.0276. The first-order valence-electron chi connectivity index (χ1n) is 8.69. The van der Waals surface area contributed by atoms with Crippen LogP contribution in [0, 0.1) is 15.9 Å². The van der Waals surface area contributed by atoms with Crippen LogP contribution in [-0.4, -0.2) is 23.4 Å². The smallest absolute Gasteiger partial charge is 0.294 e. The predicted octanol–water partition coefficient (Wildman–Crippen LogP) is 5.02. The molecule has 0 aromatic heterocycles. The summed E-state index contributed by atoms with van der Waals surface area (Å²) in [6, 6.07) is 8.45. The number of piperidine rings is 1. The van der Waals surface area contributed by atoms with Gasteiger partial charge in [0.05, 0.1) is 21.2 Å².